The molecule has 3 rings (SSSR count). The second-order valence-electron chi connectivity index (χ2n) is 7.01. The van der Waals surface area contributed by atoms with Crippen LogP contribution in [-0.4, -0.2) is 10.8 Å². The van der Waals surface area contributed by atoms with Crippen LogP contribution >= 0.6 is 27.5 Å². The molecule has 1 N–H and O–H groups in total. The maximum absolute atomic E-state index is 12.6. The highest BCUT2D eigenvalue weighted by atomic mass is 79.9. The fraction of sp³-hybridized carbons (Fsp3) is 0.0833. The van der Waals surface area contributed by atoms with E-state index in [0.717, 1.165) is 5.56 Å². The predicted molar refractivity (Wildman–Crippen MR) is 130 cm³/mol. The van der Waals surface area contributed by atoms with Crippen molar-refractivity contribution in [2.45, 2.75) is 13.5 Å². The number of carbonyl (C=O) groups excluding carboxylic acids is 1. The average Bonchev–Trinajstić information content (AvgIpc) is 2.79. The number of amides is 1. The van der Waals surface area contributed by atoms with Gasteiger partial charge in [-0.15, -0.1) is 0 Å². The average molecular weight is 527 g/mol. The van der Waals surface area contributed by atoms with Crippen molar-refractivity contribution in [1.82, 2.24) is 0 Å². The van der Waals surface area contributed by atoms with Gasteiger partial charge in [-0.3, -0.25) is 14.9 Å². The number of aryl methyl sites for hydroxylation is 1. The molecule has 7 nitrogen and oxygen atoms in total. The molecule has 0 saturated heterocycles. The number of nitrogens with one attached hydrogen (secondary N) is 1. The first kappa shape index (κ1) is 24.0. The monoisotopic (exact) mass is 525 g/mol. The number of nitrogens with zero attached hydrogens (tertiary/aromatic N) is 2. The van der Waals surface area contributed by atoms with Crippen molar-refractivity contribution in [3.63, 3.8) is 0 Å². The predicted octanol–water partition coefficient (Wildman–Crippen LogP) is 6.44. The van der Waals surface area contributed by atoms with Gasteiger partial charge < -0.3 is 10.1 Å². The number of halogens is 2. The van der Waals surface area contributed by atoms with Gasteiger partial charge in [0.15, 0.2) is 0 Å². The molecule has 0 saturated carbocycles. The van der Waals surface area contributed by atoms with Crippen LogP contribution in [0.1, 0.15) is 16.7 Å². The maximum atomic E-state index is 12.6. The van der Waals surface area contributed by atoms with Crippen molar-refractivity contribution in [3.05, 3.63) is 103 Å². The lowest BCUT2D eigenvalue weighted by atomic mass is 10.1. The highest BCUT2D eigenvalue weighted by Gasteiger charge is 2.18. The molecule has 0 atom stereocenters. The fourth-order valence-electron chi connectivity index (χ4n) is 2.87. The lowest BCUT2D eigenvalue weighted by Gasteiger charge is -2.09. The minimum atomic E-state index is -0.747. The number of hydrogen-bond donors (Lipinski definition) is 1. The van der Waals surface area contributed by atoms with Crippen LogP contribution in [0, 0.1) is 28.4 Å². The van der Waals surface area contributed by atoms with Gasteiger partial charge in [-0.2, -0.15) is 5.26 Å². The Morgan fingerprint density at radius 3 is 2.58 bits per heavy atom. The number of nitro groups is 1. The summed E-state index contributed by atoms with van der Waals surface area (Å²) < 4.78 is 6.44. The van der Waals surface area contributed by atoms with E-state index in [0.29, 0.717) is 33.0 Å². The molecule has 166 valence electrons. The summed E-state index contributed by atoms with van der Waals surface area (Å²) in [7, 11) is 0. The Bertz CT molecular complexity index is 1280. The van der Waals surface area contributed by atoms with E-state index in [1.807, 2.05) is 18.2 Å². The molecule has 1 amide bonds. The molecule has 9 heteroatoms. The molecule has 0 unspecified atom stereocenters. The van der Waals surface area contributed by atoms with Gasteiger partial charge in [0.25, 0.3) is 11.6 Å². The van der Waals surface area contributed by atoms with E-state index >= 15 is 0 Å². The van der Waals surface area contributed by atoms with E-state index in [2.05, 4.69) is 21.2 Å². The second-order valence-corrected chi connectivity index (χ2v) is 8.30. The van der Waals surface area contributed by atoms with Crippen molar-refractivity contribution >= 4 is 50.9 Å². The molecule has 3 aromatic carbocycles. The van der Waals surface area contributed by atoms with Gasteiger partial charge in [-0.25, -0.2) is 0 Å². The fourth-order valence-corrected chi connectivity index (χ4v) is 3.51. The van der Waals surface area contributed by atoms with E-state index in [9.17, 15) is 20.2 Å². The van der Waals surface area contributed by atoms with Crippen molar-refractivity contribution < 1.29 is 14.5 Å². The number of hydrogen-bond acceptors (Lipinski definition) is 5. The van der Waals surface area contributed by atoms with Gasteiger partial charge in [0.05, 0.1) is 9.40 Å². The van der Waals surface area contributed by atoms with Crippen LogP contribution in [0.2, 0.25) is 5.02 Å². The summed E-state index contributed by atoms with van der Waals surface area (Å²) in [5.41, 5.74) is 1.77. The van der Waals surface area contributed by atoms with Gasteiger partial charge in [0.2, 0.25) is 0 Å². The molecule has 0 heterocycles. The Kier molecular flexibility index (Phi) is 7.83. The maximum Gasteiger partial charge on any atom is 0.293 e. The minimum absolute atomic E-state index is 0.0175. The highest BCUT2D eigenvalue weighted by Crippen LogP contribution is 2.29. The molecule has 0 fully saturated rings. The first-order valence-corrected chi connectivity index (χ1v) is 10.8. The van der Waals surface area contributed by atoms with Crippen molar-refractivity contribution in [1.29, 1.82) is 5.26 Å². The first-order chi connectivity index (χ1) is 15.8. The Morgan fingerprint density at radius 1 is 1.21 bits per heavy atom. The zero-order valence-electron chi connectivity index (χ0n) is 17.3. The molecule has 0 aromatic heterocycles. The van der Waals surface area contributed by atoms with E-state index in [1.165, 1.54) is 18.2 Å². The Labute approximate surface area is 203 Å². The van der Waals surface area contributed by atoms with Crippen LogP contribution in [0.4, 0.5) is 11.4 Å². The summed E-state index contributed by atoms with van der Waals surface area (Å²) in [4.78, 5) is 23.3. The number of ether oxygens (including phenoxy) is 1. The van der Waals surface area contributed by atoms with Crippen LogP contribution in [-0.2, 0) is 11.4 Å². The van der Waals surface area contributed by atoms with Crippen LogP contribution in [0.5, 0.6) is 5.75 Å². The summed E-state index contributed by atoms with van der Waals surface area (Å²) in [5.74, 6) is -0.163. The minimum Gasteiger partial charge on any atom is -0.488 e. The summed E-state index contributed by atoms with van der Waals surface area (Å²) >= 11 is 9.32. The molecule has 3 aromatic rings. The van der Waals surface area contributed by atoms with Crippen LogP contribution in [0.3, 0.4) is 0 Å². The van der Waals surface area contributed by atoms with Crippen molar-refractivity contribution in [3.8, 4) is 11.8 Å². The third-order valence-corrected chi connectivity index (χ3v) is 5.41. The number of anilines is 1. The summed E-state index contributed by atoms with van der Waals surface area (Å²) in [6, 6.07) is 18.7. The molecule has 0 spiro atoms. The lowest BCUT2D eigenvalue weighted by molar-refractivity contribution is -0.384. The molecular formula is C24H17BrClN3O4. The standard InChI is InChI=1S/C24H17BrClN3O4/c1-15-2-8-21(22(10-15)29(31)32)28-24(30)18(13-27)11-17-5-9-23(20(25)12-17)33-14-16-3-6-19(26)7-4-16/h2-12H,14H2,1H3,(H,28,30)/b18-11+. The zero-order valence-corrected chi connectivity index (χ0v) is 19.7. The van der Waals surface area contributed by atoms with Crippen molar-refractivity contribution in [2.24, 2.45) is 0 Å². The van der Waals surface area contributed by atoms with Crippen LogP contribution in [0.25, 0.3) is 6.08 Å². The van der Waals surface area contributed by atoms with Crippen LogP contribution < -0.4 is 10.1 Å². The second kappa shape index (κ2) is 10.8. The molecule has 0 radical (unpaired) electrons. The SMILES string of the molecule is Cc1ccc(NC(=O)/C(C#N)=C/c2ccc(OCc3ccc(Cl)cc3)c(Br)c2)c([N+](=O)[O-])c1. The van der Waals surface area contributed by atoms with Gasteiger partial charge in [-0.05, 0) is 76.0 Å². The lowest BCUT2D eigenvalue weighted by Crippen LogP contribution is -2.14. The number of rotatable bonds is 7. The number of carbonyl (C=O) groups is 1. The number of nitriles is 1. The van der Waals surface area contributed by atoms with E-state index < -0.39 is 10.8 Å². The molecule has 0 aliphatic carbocycles. The normalized spacial score (nSPS) is 10.9. The quantitative estimate of drug-likeness (QED) is 0.165. The Hall–Kier alpha value is -3.67. The topological polar surface area (TPSA) is 105 Å². The number of benzene rings is 3. The van der Waals surface area contributed by atoms with Gasteiger partial charge in [0, 0.05) is 11.1 Å². The number of nitro benzene ring substituents is 1. The van der Waals surface area contributed by atoms with Crippen LogP contribution in [0.15, 0.2) is 70.7 Å². The van der Waals surface area contributed by atoms with Gasteiger partial charge >= 0.3 is 0 Å². The molecule has 33 heavy (non-hydrogen) atoms. The molecule has 0 bridgehead atoms. The summed E-state index contributed by atoms with van der Waals surface area (Å²) in [6.07, 6.45) is 1.39. The smallest absolute Gasteiger partial charge is 0.293 e. The molecule has 0 aliphatic heterocycles. The van der Waals surface area contributed by atoms with E-state index in [4.69, 9.17) is 16.3 Å². The van der Waals surface area contributed by atoms with E-state index in [-0.39, 0.29) is 16.9 Å². The highest BCUT2D eigenvalue weighted by molar-refractivity contribution is 9.10. The molecular weight excluding hydrogens is 510 g/mol. The first-order valence-electron chi connectivity index (χ1n) is 9.62. The summed E-state index contributed by atoms with van der Waals surface area (Å²) in [5, 5.41) is 23.8. The van der Waals surface area contributed by atoms with Gasteiger partial charge in [-0.1, -0.05) is 35.9 Å². The van der Waals surface area contributed by atoms with Gasteiger partial charge in [0.1, 0.15) is 29.7 Å². The van der Waals surface area contributed by atoms with Crippen molar-refractivity contribution in [2.75, 3.05) is 5.32 Å². The Balaban J connectivity index is 1.75. The third-order valence-electron chi connectivity index (χ3n) is 4.54. The largest absolute Gasteiger partial charge is 0.488 e. The third kappa shape index (κ3) is 6.42. The summed E-state index contributed by atoms with van der Waals surface area (Å²) in [6.45, 7) is 2.05. The Morgan fingerprint density at radius 2 is 1.94 bits per heavy atom. The zero-order chi connectivity index (χ0) is 24.0. The van der Waals surface area contributed by atoms with E-state index in [1.54, 1.807) is 43.3 Å². The molecule has 0 aliphatic rings.